The van der Waals surface area contributed by atoms with Crippen LogP contribution in [-0.2, 0) is 13.5 Å². The predicted molar refractivity (Wildman–Crippen MR) is 57.1 cm³/mol. The quantitative estimate of drug-likeness (QED) is 0.818. The van der Waals surface area contributed by atoms with E-state index >= 15 is 0 Å². The van der Waals surface area contributed by atoms with Gasteiger partial charge in [-0.1, -0.05) is 20.8 Å². The zero-order valence-corrected chi connectivity index (χ0v) is 9.79. The van der Waals surface area contributed by atoms with Gasteiger partial charge in [0.25, 0.3) is 0 Å². The summed E-state index contributed by atoms with van der Waals surface area (Å²) >= 11 is 0. The Labute approximate surface area is 89.7 Å². The zero-order valence-electron chi connectivity index (χ0n) is 9.79. The van der Waals surface area contributed by atoms with Crippen molar-refractivity contribution in [1.29, 1.82) is 0 Å². The van der Waals surface area contributed by atoms with Gasteiger partial charge in [0.2, 0.25) is 0 Å². The van der Waals surface area contributed by atoms with Gasteiger partial charge in [-0.3, -0.25) is 4.68 Å². The molecule has 1 rings (SSSR count). The topological polar surface area (TPSA) is 56.7 Å². The predicted octanol–water partition coefficient (Wildman–Crippen LogP) is 1.07. The number of nitrogens with zero attached hydrogens (tertiary/aromatic N) is 3. The normalized spacial score (nSPS) is 16.4. The molecule has 2 N–H and O–H groups in total. The largest absolute Gasteiger partial charge is 0.327 e. The molecule has 15 heavy (non-hydrogen) atoms. The van der Waals surface area contributed by atoms with Gasteiger partial charge < -0.3 is 5.73 Å². The molecule has 1 aromatic rings. The molecule has 1 aromatic heterocycles. The number of aryl methyl sites for hydroxylation is 1. The highest BCUT2D eigenvalue weighted by atomic mass is 19.1. The van der Waals surface area contributed by atoms with Crippen molar-refractivity contribution in [3.63, 3.8) is 0 Å². The van der Waals surface area contributed by atoms with Crippen molar-refractivity contribution in [2.75, 3.05) is 6.54 Å². The molecule has 0 aliphatic heterocycles. The van der Waals surface area contributed by atoms with Crippen molar-refractivity contribution >= 4 is 0 Å². The Morgan fingerprint density at radius 3 is 2.40 bits per heavy atom. The number of alkyl halides is 1. The molecule has 0 saturated heterocycles. The fourth-order valence-corrected chi connectivity index (χ4v) is 1.37. The monoisotopic (exact) mass is 214 g/mol. The maximum Gasteiger partial charge on any atom is 0.138 e. The first-order chi connectivity index (χ1) is 6.80. The molecule has 1 atom stereocenters. The first-order valence-corrected chi connectivity index (χ1v) is 5.02. The maximum atomic E-state index is 14.6. The minimum absolute atomic E-state index is 0.0106. The Balaban J connectivity index is 2.92. The minimum atomic E-state index is -1.45. The molecular weight excluding hydrogens is 195 g/mol. The summed E-state index contributed by atoms with van der Waals surface area (Å²) in [5.74, 6) is 0.623. The van der Waals surface area contributed by atoms with E-state index in [4.69, 9.17) is 5.73 Å². The third kappa shape index (κ3) is 2.34. The van der Waals surface area contributed by atoms with Crippen LogP contribution in [0.15, 0.2) is 6.33 Å². The fourth-order valence-electron chi connectivity index (χ4n) is 1.37. The summed E-state index contributed by atoms with van der Waals surface area (Å²) in [7, 11) is 1.75. The average molecular weight is 214 g/mol. The third-order valence-corrected chi connectivity index (χ3v) is 2.91. The molecule has 5 heteroatoms. The minimum Gasteiger partial charge on any atom is -0.327 e. The summed E-state index contributed by atoms with van der Waals surface area (Å²) < 4.78 is 16.1. The Bertz CT molecular complexity index is 328. The molecule has 0 aliphatic carbocycles. The van der Waals surface area contributed by atoms with Crippen molar-refractivity contribution in [1.82, 2.24) is 14.8 Å². The van der Waals surface area contributed by atoms with Crippen molar-refractivity contribution in [2.45, 2.75) is 32.9 Å². The van der Waals surface area contributed by atoms with E-state index in [0.29, 0.717) is 5.82 Å². The maximum absolute atomic E-state index is 14.6. The number of hydrogen-bond acceptors (Lipinski definition) is 3. The van der Waals surface area contributed by atoms with Gasteiger partial charge in [0.1, 0.15) is 17.8 Å². The van der Waals surface area contributed by atoms with Crippen LogP contribution in [0.3, 0.4) is 0 Å². The van der Waals surface area contributed by atoms with Crippen LogP contribution in [0.5, 0.6) is 0 Å². The lowest BCUT2D eigenvalue weighted by Crippen LogP contribution is -2.47. The van der Waals surface area contributed by atoms with E-state index in [1.807, 2.05) is 20.8 Å². The summed E-state index contributed by atoms with van der Waals surface area (Å²) in [6.07, 6.45) is 1.62. The van der Waals surface area contributed by atoms with Crippen LogP contribution in [0.1, 0.15) is 26.6 Å². The van der Waals surface area contributed by atoms with Crippen LogP contribution >= 0.6 is 0 Å². The van der Waals surface area contributed by atoms with Crippen molar-refractivity contribution in [2.24, 2.45) is 18.2 Å². The van der Waals surface area contributed by atoms with E-state index in [-0.39, 0.29) is 13.0 Å². The number of nitrogens with two attached hydrogens (primary N) is 1. The van der Waals surface area contributed by atoms with Gasteiger partial charge in [0.15, 0.2) is 0 Å². The number of hydrogen-bond donors (Lipinski definition) is 1. The molecule has 0 aromatic carbocycles. The first-order valence-electron chi connectivity index (χ1n) is 5.02. The summed E-state index contributed by atoms with van der Waals surface area (Å²) in [4.78, 5) is 4.02. The van der Waals surface area contributed by atoms with E-state index in [9.17, 15) is 4.39 Å². The number of rotatable bonds is 3. The van der Waals surface area contributed by atoms with Gasteiger partial charge in [-0.15, -0.1) is 0 Å². The highest BCUT2D eigenvalue weighted by Gasteiger charge is 2.42. The smallest absolute Gasteiger partial charge is 0.138 e. The van der Waals surface area contributed by atoms with Gasteiger partial charge in [-0.2, -0.15) is 5.10 Å². The van der Waals surface area contributed by atoms with E-state index in [0.717, 1.165) is 0 Å². The average Bonchev–Trinajstić information content (AvgIpc) is 2.50. The number of aromatic nitrogens is 3. The van der Waals surface area contributed by atoms with Gasteiger partial charge in [0.05, 0.1) is 0 Å². The summed E-state index contributed by atoms with van der Waals surface area (Å²) in [6, 6.07) is 0. The Hall–Kier alpha value is -0.970. The molecule has 0 amide bonds. The highest BCUT2D eigenvalue weighted by molar-refractivity contribution is 5.01. The summed E-state index contributed by atoms with van der Waals surface area (Å²) in [5.41, 5.74) is 3.57. The standard InChI is InChI=1S/C10H19FN4/c1-9(2,3)10(11,6-12)5-8-13-7-14-15(8)4/h7H,5-6,12H2,1-4H3. The zero-order chi connectivity index (χ0) is 11.7. The van der Waals surface area contributed by atoms with Crippen LogP contribution in [0, 0.1) is 5.41 Å². The van der Waals surface area contributed by atoms with Gasteiger partial charge in [0, 0.05) is 20.0 Å². The van der Waals surface area contributed by atoms with Crippen molar-refractivity contribution in [3.05, 3.63) is 12.2 Å². The highest BCUT2D eigenvalue weighted by Crippen LogP contribution is 2.35. The fraction of sp³-hybridized carbons (Fsp3) is 0.800. The molecule has 0 bridgehead atoms. The van der Waals surface area contributed by atoms with Crippen molar-refractivity contribution < 1.29 is 4.39 Å². The van der Waals surface area contributed by atoms with Gasteiger partial charge in [-0.25, -0.2) is 9.37 Å². The van der Waals surface area contributed by atoms with E-state index < -0.39 is 11.1 Å². The lowest BCUT2D eigenvalue weighted by atomic mass is 9.76. The molecule has 1 unspecified atom stereocenters. The Morgan fingerprint density at radius 1 is 1.47 bits per heavy atom. The summed E-state index contributed by atoms with van der Waals surface area (Å²) in [5, 5.41) is 3.92. The molecule has 86 valence electrons. The first kappa shape index (κ1) is 12.1. The molecule has 0 aliphatic rings. The molecular formula is C10H19FN4. The Morgan fingerprint density at radius 2 is 2.07 bits per heavy atom. The Kier molecular flexibility index (Phi) is 3.13. The molecule has 4 nitrogen and oxygen atoms in total. The third-order valence-electron chi connectivity index (χ3n) is 2.91. The van der Waals surface area contributed by atoms with Crippen LogP contribution in [0.4, 0.5) is 4.39 Å². The molecule has 0 spiro atoms. The molecule has 0 radical (unpaired) electrons. The lowest BCUT2D eigenvalue weighted by Gasteiger charge is -2.36. The SMILES string of the molecule is Cn1ncnc1CC(F)(CN)C(C)(C)C. The van der Waals surface area contributed by atoms with Crippen LogP contribution in [-0.4, -0.2) is 27.0 Å². The van der Waals surface area contributed by atoms with E-state index in [1.54, 1.807) is 11.7 Å². The second kappa shape index (κ2) is 3.89. The number of halogens is 1. The van der Waals surface area contributed by atoms with Gasteiger partial charge >= 0.3 is 0 Å². The lowest BCUT2D eigenvalue weighted by molar-refractivity contribution is 0.0355. The van der Waals surface area contributed by atoms with Crippen LogP contribution in [0.25, 0.3) is 0 Å². The molecule has 0 saturated carbocycles. The van der Waals surface area contributed by atoms with E-state index in [2.05, 4.69) is 10.1 Å². The second-order valence-corrected chi connectivity index (χ2v) is 4.90. The summed E-state index contributed by atoms with van der Waals surface area (Å²) in [6.45, 7) is 5.52. The second-order valence-electron chi connectivity index (χ2n) is 4.90. The van der Waals surface area contributed by atoms with Crippen LogP contribution < -0.4 is 5.73 Å². The van der Waals surface area contributed by atoms with E-state index in [1.165, 1.54) is 6.33 Å². The van der Waals surface area contributed by atoms with Crippen molar-refractivity contribution in [3.8, 4) is 0 Å². The molecule has 0 fully saturated rings. The van der Waals surface area contributed by atoms with Gasteiger partial charge in [-0.05, 0) is 5.41 Å². The molecule has 1 heterocycles. The van der Waals surface area contributed by atoms with Crippen LogP contribution in [0.2, 0.25) is 0 Å².